The van der Waals surface area contributed by atoms with E-state index in [9.17, 15) is 26.8 Å². The van der Waals surface area contributed by atoms with E-state index in [2.05, 4.69) is 14.9 Å². The summed E-state index contributed by atoms with van der Waals surface area (Å²) in [4.78, 5) is 29.0. The van der Waals surface area contributed by atoms with E-state index >= 15 is 0 Å². The fourth-order valence-electron chi connectivity index (χ4n) is 5.90. The van der Waals surface area contributed by atoms with Gasteiger partial charge in [-0.05, 0) is 80.7 Å². The van der Waals surface area contributed by atoms with Gasteiger partial charge in [-0.25, -0.2) is 17.2 Å². The summed E-state index contributed by atoms with van der Waals surface area (Å²) in [5.74, 6) is -3.69. The summed E-state index contributed by atoms with van der Waals surface area (Å²) in [6.07, 6.45) is 5.81. The molecule has 2 heterocycles. The second kappa shape index (κ2) is 10.8. The first-order chi connectivity index (χ1) is 18.9. The van der Waals surface area contributed by atoms with E-state index < -0.39 is 39.8 Å². The van der Waals surface area contributed by atoms with E-state index in [1.54, 1.807) is 25.3 Å². The van der Waals surface area contributed by atoms with Crippen LogP contribution in [-0.2, 0) is 10.0 Å². The fourth-order valence-corrected chi connectivity index (χ4v) is 6.72. The molecule has 3 aliphatic rings. The summed E-state index contributed by atoms with van der Waals surface area (Å²) >= 11 is 0. The van der Waals surface area contributed by atoms with E-state index in [4.69, 9.17) is 5.11 Å². The maximum atomic E-state index is 13.7. The minimum atomic E-state index is -3.77. The zero-order valence-electron chi connectivity index (χ0n) is 22.6. The van der Waals surface area contributed by atoms with Gasteiger partial charge in [0.05, 0.1) is 29.3 Å². The lowest BCUT2D eigenvalue weighted by Gasteiger charge is -2.35. The number of pyridine rings is 1. The lowest BCUT2D eigenvalue weighted by molar-refractivity contribution is -0.0442. The highest BCUT2D eigenvalue weighted by Crippen LogP contribution is 2.54. The van der Waals surface area contributed by atoms with Crippen molar-refractivity contribution in [1.29, 1.82) is 0 Å². The number of carbonyl (C=O) groups is 1. The van der Waals surface area contributed by atoms with Gasteiger partial charge in [-0.15, -0.1) is 0 Å². The number of benzene rings is 1. The fraction of sp³-hybridized carbons (Fsp3) is 0.571. The Balaban J connectivity index is 1.42. The van der Waals surface area contributed by atoms with E-state index in [0.29, 0.717) is 22.2 Å². The molecule has 1 aliphatic heterocycles. The number of aryl methyl sites for hydroxylation is 1. The van der Waals surface area contributed by atoms with Gasteiger partial charge >= 0.3 is 0 Å². The summed E-state index contributed by atoms with van der Waals surface area (Å²) in [5.41, 5.74) is 1.84. The number of piperidine rings is 1. The van der Waals surface area contributed by atoms with Gasteiger partial charge in [0.1, 0.15) is 5.69 Å². The molecule has 1 saturated heterocycles. The van der Waals surface area contributed by atoms with Crippen molar-refractivity contribution in [3.8, 4) is 0 Å². The van der Waals surface area contributed by atoms with Gasteiger partial charge in [-0.1, -0.05) is 0 Å². The Morgan fingerprint density at radius 1 is 1.07 bits per heavy atom. The number of hydrogen-bond acceptors (Lipinski definition) is 6. The van der Waals surface area contributed by atoms with E-state index in [1.165, 1.54) is 29.5 Å². The molecule has 2 aromatic rings. The molecule has 0 atom stereocenters. The number of rotatable bonds is 8. The van der Waals surface area contributed by atoms with Crippen molar-refractivity contribution in [3.63, 3.8) is 0 Å². The predicted molar refractivity (Wildman–Crippen MR) is 150 cm³/mol. The molecular formula is C28H36F2N4O5S. The zero-order valence-corrected chi connectivity index (χ0v) is 23.4. The Hall–Kier alpha value is -2.99. The Labute approximate surface area is 232 Å². The third-order valence-corrected chi connectivity index (χ3v) is 9.77. The van der Waals surface area contributed by atoms with Crippen LogP contribution in [0.25, 0.3) is 0 Å². The molecule has 3 fully saturated rings. The summed E-state index contributed by atoms with van der Waals surface area (Å²) in [7, 11) is -3.77. The summed E-state index contributed by atoms with van der Waals surface area (Å²) in [6.45, 7) is 2.70. The topological polar surface area (TPSA) is 121 Å². The molecule has 2 aliphatic carbocycles. The minimum absolute atomic E-state index is 0.0663. The number of sulfonamides is 1. The van der Waals surface area contributed by atoms with Crippen LogP contribution in [0.4, 0.5) is 25.8 Å². The number of aliphatic hydroxyl groups is 1. The Morgan fingerprint density at radius 3 is 2.38 bits per heavy atom. The number of hydrogen-bond donors (Lipinski definition) is 3. The molecule has 1 spiro atoms. The van der Waals surface area contributed by atoms with Crippen molar-refractivity contribution in [2.24, 2.45) is 5.41 Å². The lowest BCUT2D eigenvalue weighted by atomic mass is 9.92. The predicted octanol–water partition coefficient (Wildman–Crippen LogP) is 4.27. The number of halogens is 2. The van der Waals surface area contributed by atoms with Crippen molar-refractivity contribution in [3.05, 3.63) is 51.9 Å². The first-order valence-electron chi connectivity index (χ1n) is 13.8. The molecule has 12 heteroatoms. The summed E-state index contributed by atoms with van der Waals surface area (Å²) in [5, 5.41) is 11.8. The van der Waals surface area contributed by atoms with Gasteiger partial charge in [0.15, 0.2) is 0 Å². The quantitative estimate of drug-likeness (QED) is 0.430. The molecule has 3 N–H and O–H groups in total. The summed E-state index contributed by atoms with van der Waals surface area (Å²) < 4.78 is 55.9. The highest BCUT2D eigenvalue weighted by atomic mass is 32.2. The van der Waals surface area contributed by atoms with E-state index in [0.717, 1.165) is 25.9 Å². The Bertz CT molecular complexity index is 1440. The molecule has 1 aromatic carbocycles. The smallest absolute Gasteiger partial charge is 0.274 e. The van der Waals surface area contributed by atoms with Crippen LogP contribution in [0.15, 0.2) is 35.3 Å². The SMILES string of the molecule is Cc1cc(NC(=O)c2ccc(NS(=O)(=O)CCO)cc2N2CCC3(CC2)CC3)c(=O)n(C2CCC(F)(F)CC2)c1. The first kappa shape index (κ1) is 28.5. The van der Waals surface area contributed by atoms with Crippen molar-refractivity contribution in [2.45, 2.75) is 70.3 Å². The molecule has 0 bridgehead atoms. The van der Waals surface area contributed by atoms with Crippen LogP contribution in [0.5, 0.6) is 0 Å². The molecular weight excluding hydrogens is 542 g/mol. The second-order valence-electron chi connectivity index (χ2n) is 11.5. The monoisotopic (exact) mass is 578 g/mol. The van der Waals surface area contributed by atoms with Crippen LogP contribution in [0, 0.1) is 12.3 Å². The maximum Gasteiger partial charge on any atom is 0.274 e. The van der Waals surface area contributed by atoms with E-state index in [1.807, 2.05) is 0 Å². The van der Waals surface area contributed by atoms with Crippen LogP contribution in [0.1, 0.15) is 73.3 Å². The molecule has 9 nitrogen and oxygen atoms in total. The van der Waals surface area contributed by atoms with Gasteiger partial charge in [-0.2, -0.15) is 0 Å². The maximum absolute atomic E-state index is 13.7. The average molecular weight is 579 g/mol. The first-order valence-corrected chi connectivity index (χ1v) is 15.5. The van der Waals surface area contributed by atoms with Crippen LogP contribution < -0.4 is 20.5 Å². The average Bonchev–Trinajstić information content (AvgIpc) is 3.64. The Morgan fingerprint density at radius 2 is 1.75 bits per heavy atom. The number of anilines is 3. The zero-order chi connectivity index (χ0) is 28.7. The molecule has 2 saturated carbocycles. The largest absolute Gasteiger partial charge is 0.395 e. The van der Waals surface area contributed by atoms with Crippen molar-refractivity contribution >= 4 is 33.0 Å². The van der Waals surface area contributed by atoms with Gasteiger partial charge in [0, 0.05) is 38.2 Å². The number of aliphatic hydroxyl groups excluding tert-OH is 1. The number of nitrogens with one attached hydrogen (secondary N) is 2. The molecule has 5 rings (SSSR count). The summed E-state index contributed by atoms with van der Waals surface area (Å²) in [6, 6.07) is 5.83. The molecule has 218 valence electrons. The molecule has 1 aromatic heterocycles. The van der Waals surface area contributed by atoms with Crippen molar-refractivity contribution < 1.29 is 27.1 Å². The number of nitrogens with zero attached hydrogens (tertiary/aromatic N) is 2. The third kappa shape index (κ3) is 6.33. The van der Waals surface area contributed by atoms with Crippen molar-refractivity contribution in [1.82, 2.24) is 4.57 Å². The lowest BCUT2D eigenvalue weighted by Crippen LogP contribution is -2.36. The van der Waals surface area contributed by atoms with Gasteiger partial charge in [0.25, 0.3) is 11.5 Å². The minimum Gasteiger partial charge on any atom is -0.395 e. The highest BCUT2D eigenvalue weighted by Gasteiger charge is 2.44. The Kier molecular flexibility index (Phi) is 7.68. The van der Waals surface area contributed by atoms with Gasteiger partial charge in [-0.3, -0.25) is 14.3 Å². The molecule has 1 amide bonds. The van der Waals surface area contributed by atoms with E-state index in [-0.39, 0.29) is 43.1 Å². The number of alkyl halides is 2. The normalized spacial score (nSPS) is 20.4. The third-order valence-electron chi connectivity index (χ3n) is 8.51. The number of carbonyl (C=O) groups excluding carboxylic acids is 1. The number of amides is 1. The van der Waals surface area contributed by atoms with Crippen LogP contribution in [0.3, 0.4) is 0 Å². The van der Waals surface area contributed by atoms with Crippen LogP contribution >= 0.6 is 0 Å². The van der Waals surface area contributed by atoms with Crippen LogP contribution in [-0.4, -0.2) is 55.4 Å². The highest BCUT2D eigenvalue weighted by molar-refractivity contribution is 7.92. The van der Waals surface area contributed by atoms with Gasteiger partial charge < -0.3 is 19.9 Å². The molecule has 0 unspecified atom stereocenters. The number of aromatic nitrogens is 1. The molecule has 40 heavy (non-hydrogen) atoms. The van der Waals surface area contributed by atoms with Crippen molar-refractivity contribution in [2.75, 3.05) is 40.4 Å². The van der Waals surface area contributed by atoms with Crippen LogP contribution in [0.2, 0.25) is 0 Å². The second-order valence-corrected chi connectivity index (χ2v) is 13.4. The molecule has 0 radical (unpaired) electrons. The standard InChI is InChI=1S/C28H36F2N4O5S/c1-19-16-23(26(37)34(18-19)21-4-6-28(29,30)7-5-21)31-25(36)22-3-2-20(32-40(38,39)15-14-35)17-24(22)33-12-10-27(8-9-27)11-13-33/h2-3,16-18,21,32,35H,4-15H2,1H3,(H,31,36). The van der Waals surface area contributed by atoms with Gasteiger partial charge in [0.2, 0.25) is 15.9 Å².